The second kappa shape index (κ2) is 5.88. The lowest BCUT2D eigenvalue weighted by atomic mass is 10.1. The van der Waals surface area contributed by atoms with Crippen LogP contribution in [0.5, 0.6) is 0 Å². The van der Waals surface area contributed by atoms with Gasteiger partial charge in [-0.2, -0.15) is 13.2 Å². The van der Waals surface area contributed by atoms with Gasteiger partial charge in [0.15, 0.2) is 0 Å². The van der Waals surface area contributed by atoms with Crippen LogP contribution in [0.3, 0.4) is 0 Å². The standard InChI is InChI=1S/C13H10F3NOS2/c14-13(15,16)9-3-1-2-8(4-9)6-17-12(18)11-5-10(19)7-20-11/h1-5,7,19H,6H2,(H,17,18). The molecule has 0 radical (unpaired) electrons. The van der Waals surface area contributed by atoms with Crippen molar-refractivity contribution < 1.29 is 18.0 Å². The van der Waals surface area contributed by atoms with E-state index in [2.05, 4.69) is 17.9 Å². The van der Waals surface area contributed by atoms with E-state index in [4.69, 9.17) is 0 Å². The van der Waals surface area contributed by atoms with E-state index in [9.17, 15) is 18.0 Å². The number of hydrogen-bond donors (Lipinski definition) is 2. The van der Waals surface area contributed by atoms with Gasteiger partial charge in [-0.1, -0.05) is 12.1 Å². The zero-order chi connectivity index (χ0) is 14.8. The van der Waals surface area contributed by atoms with Crippen molar-refractivity contribution in [3.63, 3.8) is 0 Å². The lowest BCUT2D eigenvalue weighted by molar-refractivity contribution is -0.137. The third kappa shape index (κ3) is 3.77. The molecule has 0 atom stereocenters. The van der Waals surface area contributed by atoms with Gasteiger partial charge in [0.25, 0.3) is 5.91 Å². The van der Waals surface area contributed by atoms with Crippen LogP contribution in [0.25, 0.3) is 0 Å². The highest BCUT2D eigenvalue weighted by atomic mass is 32.1. The second-order valence-electron chi connectivity index (χ2n) is 4.05. The van der Waals surface area contributed by atoms with E-state index in [0.29, 0.717) is 15.3 Å². The highest BCUT2D eigenvalue weighted by Crippen LogP contribution is 2.29. The Balaban J connectivity index is 2.02. The highest BCUT2D eigenvalue weighted by Gasteiger charge is 2.30. The van der Waals surface area contributed by atoms with Gasteiger partial charge in [-0.25, -0.2) is 0 Å². The largest absolute Gasteiger partial charge is 0.416 e. The summed E-state index contributed by atoms with van der Waals surface area (Å²) in [5, 5.41) is 4.29. The van der Waals surface area contributed by atoms with Crippen molar-refractivity contribution in [1.29, 1.82) is 0 Å². The van der Waals surface area contributed by atoms with E-state index in [1.54, 1.807) is 11.4 Å². The van der Waals surface area contributed by atoms with E-state index < -0.39 is 11.7 Å². The molecular weight excluding hydrogens is 307 g/mol. The number of carbonyl (C=O) groups is 1. The number of hydrogen-bond acceptors (Lipinski definition) is 3. The Morgan fingerprint density at radius 2 is 2.05 bits per heavy atom. The maximum absolute atomic E-state index is 12.5. The van der Waals surface area contributed by atoms with Gasteiger partial charge < -0.3 is 5.32 Å². The van der Waals surface area contributed by atoms with Gasteiger partial charge in [-0.05, 0) is 23.8 Å². The minimum Gasteiger partial charge on any atom is -0.347 e. The summed E-state index contributed by atoms with van der Waals surface area (Å²) < 4.78 is 37.6. The van der Waals surface area contributed by atoms with Gasteiger partial charge in [0.05, 0.1) is 10.4 Å². The molecule has 0 bridgehead atoms. The van der Waals surface area contributed by atoms with E-state index in [1.807, 2.05) is 0 Å². The molecule has 106 valence electrons. The molecule has 2 nitrogen and oxygen atoms in total. The molecule has 0 saturated heterocycles. The maximum atomic E-state index is 12.5. The lowest BCUT2D eigenvalue weighted by Gasteiger charge is -2.09. The molecule has 0 fully saturated rings. The van der Waals surface area contributed by atoms with Crippen LogP contribution in [0.4, 0.5) is 13.2 Å². The number of alkyl halides is 3. The number of thiol groups is 1. The first-order chi connectivity index (χ1) is 9.36. The first-order valence-electron chi connectivity index (χ1n) is 5.58. The van der Waals surface area contributed by atoms with Crippen LogP contribution in [0, 0.1) is 0 Å². The summed E-state index contributed by atoms with van der Waals surface area (Å²) >= 11 is 5.32. The normalized spacial score (nSPS) is 11.4. The van der Waals surface area contributed by atoms with Crippen molar-refractivity contribution in [2.75, 3.05) is 0 Å². The van der Waals surface area contributed by atoms with Crippen molar-refractivity contribution in [2.45, 2.75) is 17.6 Å². The Labute approximate surface area is 123 Å². The topological polar surface area (TPSA) is 29.1 Å². The molecule has 20 heavy (non-hydrogen) atoms. The molecule has 0 aliphatic carbocycles. The summed E-state index contributed by atoms with van der Waals surface area (Å²) in [7, 11) is 0. The Bertz CT molecular complexity index is 622. The molecule has 1 N–H and O–H groups in total. The molecular formula is C13H10F3NOS2. The average molecular weight is 317 g/mol. The van der Waals surface area contributed by atoms with E-state index in [1.165, 1.54) is 23.5 Å². The van der Waals surface area contributed by atoms with Crippen molar-refractivity contribution in [2.24, 2.45) is 0 Å². The van der Waals surface area contributed by atoms with E-state index in [0.717, 1.165) is 12.1 Å². The highest BCUT2D eigenvalue weighted by molar-refractivity contribution is 7.80. The minimum atomic E-state index is -4.38. The predicted molar refractivity (Wildman–Crippen MR) is 74.2 cm³/mol. The molecule has 0 saturated carbocycles. The Kier molecular flexibility index (Phi) is 4.39. The van der Waals surface area contributed by atoms with Gasteiger partial charge in [-0.15, -0.1) is 24.0 Å². The Hall–Kier alpha value is -1.47. The molecule has 2 aromatic rings. The van der Waals surface area contributed by atoms with Gasteiger partial charge in [0.2, 0.25) is 0 Å². The molecule has 1 aromatic carbocycles. The molecule has 0 aliphatic rings. The van der Waals surface area contributed by atoms with Crippen LogP contribution in [-0.2, 0) is 12.7 Å². The summed E-state index contributed by atoms with van der Waals surface area (Å²) in [4.78, 5) is 12.9. The van der Waals surface area contributed by atoms with Gasteiger partial charge >= 0.3 is 6.18 Å². The van der Waals surface area contributed by atoms with Crippen LogP contribution >= 0.6 is 24.0 Å². The number of nitrogens with one attached hydrogen (secondary N) is 1. The Morgan fingerprint density at radius 1 is 1.30 bits per heavy atom. The number of amides is 1. The van der Waals surface area contributed by atoms with Crippen molar-refractivity contribution in [3.8, 4) is 0 Å². The number of benzene rings is 1. The van der Waals surface area contributed by atoms with Gasteiger partial charge in [0, 0.05) is 16.8 Å². The van der Waals surface area contributed by atoms with Gasteiger partial charge in [-0.3, -0.25) is 4.79 Å². The summed E-state index contributed by atoms with van der Waals surface area (Å²) in [6, 6.07) is 6.49. The minimum absolute atomic E-state index is 0.0442. The molecule has 0 spiro atoms. The SMILES string of the molecule is O=C(NCc1cccc(C(F)(F)F)c1)c1cc(S)cs1. The summed E-state index contributed by atoms with van der Waals surface area (Å²) in [5.41, 5.74) is -0.325. The lowest BCUT2D eigenvalue weighted by Crippen LogP contribution is -2.22. The predicted octanol–water partition coefficient (Wildman–Crippen LogP) is 3.99. The van der Waals surface area contributed by atoms with Crippen LogP contribution in [0.1, 0.15) is 20.8 Å². The van der Waals surface area contributed by atoms with Crippen molar-refractivity contribution >= 4 is 29.9 Å². The molecule has 7 heteroatoms. The zero-order valence-electron chi connectivity index (χ0n) is 10.1. The van der Waals surface area contributed by atoms with Crippen molar-refractivity contribution in [3.05, 3.63) is 51.7 Å². The Morgan fingerprint density at radius 3 is 2.65 bits per heavy atom. The van der Waals surface area contributed by atoms with Crippen LogP contribution in [-0.4, -0.2) is 5.91 Å². The number of thiophene rings is 1. The third-order valence-corrected chi connectivity index (χ3v) is 3.88. The molecule has 2 rings (SSSR count). The monoisotopic (exact) mass is 317 g/mol. The number of carbonyl (C=O) groups excluding carboxylic acids is 1. The fourth-order valence-corrected chi connectivity index (χ4v) is 2.64. The smallest absolute Gasteiger partial charge is 0.347 e. The number of halogens is 3. The summed E-state index contributed by atoms with van der Waals surface area (Å²) in [5.74, 6) is -0.326. The van der Waals surface area contributed by atoms with E-state index in [-0.39, 0.29) is 12.5 Å². The fraction of sp³-hybridized carbons (Fsp3) is 0.154. The first-order valence-corrected chi connectivity index (χ1v) is 6.91. The molecule has 0 aliphatic heterocycles. The average Bonchev–Trinajstić information content (AvgIpc) is 2.82. The number of rotatable bonds is 3. The van der Waals surface area contributed by atoms with Crippen molar-refractivity contribution in [1.82, 2.24) is 5.32 Å². The van der Waals surface area contributed by atoms with Crippen LogP contribution < -0.4 is 5.32 Å². The summed E-state index contributed by atoms with van der Waals surface area (Å²) in [6.07, 6.45) is -4.38. The van der Waals surface area contributed by atoms with Crippen LogP contribution in [0.2, 0.25) is 0 Å². The van der Waals surface area contributed by atoms with Crippen LogP contribution in [0.15, 0.2) is 40.6 Å². The van der Waals surface area contributed by atoms with E-state index >= 15 is 0 Å². The third-order valence-electron chi connectivity index (χ3n) is 2.52. The van der Waals surface area contributed by atoms with Gasteiger partial charge in [0.1, 0.15) is 0 Å². The second-order valence-corrected chi connectivity index (χ2v) is 5.48. The molecule has 1 aromatic heterocycles. The quantitative estimate of drug-likeness (QED) is 0.824. The molecule has 0 unspecified atom stereocenters. The fourth-order valence-electron chi connectivity index (χ4n) is 1.57. The summed E-state index contributed by atoms with van der Waals surface area (Å²) in [6.45, 7) is 0.0442. The molecule has 1 heterocycles. The molecule has 1 amide bonds. The zero-order valence-corrected chi connectivity index (χ0v) is 11.8. The maximum Gasteiger partial charge on any atom is 0.416 e. The first kappa shape index (κ1) is 14.9.